The second-order valence-corrected chi connectivity index (χ2v) is 8.96. The Kier molecular flexibility index (Phi) is 11.7. The SMILES string of the molecule is CN=C(NCc1ccc(CN2CCCN(C)CC2)cc1)N1CCC(CC(=O)NC)CC1.I. The third kappa shape index (κ3) is 8.51. The standard InChI is InChI=1S/C24H40N6O.HI/c1-25-23(31)17-20-9-13-30(14-10-20)24(26-2)27-18-21-5-7-22(8-6-21)19-29-12-4-11-28(3)15-16-29;/h5-8,20H,4,9-19H2,1-3H3,(H,25,31)(H,26,27);1H. The quantitative estimate of drug-likeness (QED) is 0.320. The maximum absolute atomic E-state index is 11.6. The zero-order valence-corrected chi connectivity index (χ0v) is 22.3. The minimum atomic E-state index is 0. The third-order valence-corrected chi connectivity index (χ3v) is 6.57. The van der Waals surface area contributed by atoms with E-state index >= 15 is 0 Å². The number of carbonyl (C=O) groups excluding carboxylic acids is 1. The summed E-state index contributed by atoms with van der Waals surface area (Å²) < 4.78 is 0. The summed E-state index contributed by atoms with van der Waals surface area (Å²) in [5.74, 6) is 1.58. The second kappa shape index (κ2) is 14.0. The number of aliphatic imine (C=N–C) groups is 1. The molecule has 0 saturated carbocycles. The third-order valence-electron chi connectivity index (χ3n) is 6.57. The Morgan fingerprint density at radius 2 is 1.72 bits per heavy atom. The number of benzene rings is 1. The van der Waals surface area contributed by atoms with Crippen LogP contribution in [-0.2, 0) is 17.9 Å². The van der Waals surface area contributed by atoms with Crippen LogP contribution >= 0.6 is 24.0 Å². The van der Waals surface area contributed by atoms with Crippen LogP contribution in [0.1, 0.15) is 36.8 Å². The number of nitrogens with zero attached hydrogens (tertiary/aromatic N) is 4. The maximum atomic E-state index is 11.6. The van der Waals surface area contributed by atoms with E-state index in [-0.39, 0.29) is 29.9 Å². The Labute approximate surface area is 211 Å². The normalized spacial score (nSPS) is 19.2. The van der Waals surface area contributed by atoms with Gasteiger partial charge in [0.2, 0.25) is 5.91 Å². The van der Waals surface area contributed by atoms with Gasteiger partial charge in [0.05, 0.1) is 0 Å². The first kappa shape index (κ1) is 26.9. The number of likely N-dealkylation sites (N-methyl/N-ethyl adjacent to an activating group) is 1. The van der Waals surface area contributed by atoms with E-state index < -0.39 is 0 Å². The van der Waals surface area contributed by atoms with Gasteiger partial charge in [-0.3, -0.25) is 14.7 Å². The molecule has 0 bridgehead atoms. The molecule has 1 aromatic carbocycles. The first-order valence-corrected chi connectivity index (χ1v) is 11.7. The van der Waals surface area contributed by atoms with Gasteiger partial charge >= 0.3 is 0 Å². The average molecular weight is 557 g/mol. The Morgan fingerprint density at radius 3 is 2.38 bits per heavy atom. The lowest BCUT2D eigenvalue weighted by Gasteiger charge is -2.34. The number of piperidine rings is 1. The van der Waals surface area contributed by atoms with E-state index in [9.17, 15) is 4.79 Å². The molecular weight excluding hydrogens is 515 g/mol. The fourth-order valence-electron chi connectivity index (χ4n) is 4.51. The van der Waals surface area contributed by atoms with Crippen molar-refractivity contribution in [1.29, 1.82) is 0 Å². The largest absolute Gasteiger partial charge is 0.359 e. The van der Waals surface area contributed by atoms with Crippen LogP contribution in [0.25, 0.3) is 0 Å². The Morgan fingerprint density at radius 1 is 1.03 bits per heavy atom. The van der Waals surface area contributed by atoms with Crippen LogP contribution in [0.4, 0.5) is 0 Å². The van der Waals surface area contributed by atoms with Gasteiger partial charge in [0.15, 0.2) is 5.96 Å². The Hall–Kier alpha value is -1.39. The van der Waals surface area contributed by atoms with Crippen molar-refractivity contribution >= 4 is 35.8 Å². The summed E-state index contributed by atoms with van der Waals surface area (Å²) >= 11 is 0. The molecule has 1 aromatic rings. The molecule has 0 radical (unpaired) electrons. The van der Waals surface area contributed by atoms with Crippen LogP contribution in [0.2, 0.25) is 0 Å². The highest BCUT2D eigenvalue weighted by Gasteiger charge is 2.23. The van der Waals surface area contributed by atoms with Crippen LogP contribution in [-0.4, -0.2) is 87.0 Å². The van der Waals surface area contributed by atoms with Crippen LogP contribution in [0.3, 0.4) is 0 Å². The summed E-state index contributed by atoms with van der Waals surface area (Å²) in [5, 5.41) is 6.25. The van der Waals surface area contributed by atoms with Crippen LogP contribution in [0.5, 0.6) is 0 Å². The number of nitrogens with one attached hydrogen (secondary N) is 2. The van der Waals surface area contributed by atoms with Gasteiger partial charge in [-0.25, -0.2) is 0 Å². The number of likely N-dealkylation sites (tertiary alicyclic amines) is 1. The van der Waals surface area contributed by atoms with Crippen molar-refractivity contribution in [1.82, 2.24) is 25.3 Å². The van der Waals surface area contributed by atoms with E-state index in [1.807, 2.05) is 7.05 Å². The highest BCUT2D eigenvalue weighted by atomic mass is 127. The fourth-order valence-corrected chi connectivity index (χ4v) is 4.51. The fraction of sp³-hybridized carbons (Fsp3) is 0.667. The van der Waals surface area contributed by atoms with Crippen LogP contribution in [0.15, 0.2) is 29.3 Å². The molecule has 180 valence electrons. The highest BCUT2D eigenvalue weighted by molar-refractivity contribution is 14.0. The highest BCUT2D eigenvalue weighted by Crippen LogP contribution is 2.20. The van der Waals surface area contributed by atoms with E-state index in [1.165, 1.54) is 30.6 Å². The summed E-state index contributed by atoms with van der Waals surface area (Å²) in [6, 6.07) is 8.99. The lowest BCUT2D eigenvalue weighted by Crippen LogP contribution is -2.45. The van der Waals surface area contributed by atoms with Gasteiger partial charge in [0.1, 0.15) is 0 Å². The zero-order chi connectivity index (χ0) is 22.1. The first-order valence-electron chi connectivity index (χ1n) is 11.7. The Bertz CT molecular complexity index is 718. The molecule has 2 saturated heterocycles. The monoisotopic (exact) mass is 556 g/mol. The van der Waals surface area contributed by atoms with Gasteiger partial charge < -0.3 is 20.4 Å². The summed E-state index contributed by atoms with van der Waals surface area (Å²) in [4.78, 5) is 23.4. The van der Waals surface area contributed by atoms with Crippen LogP contribution in [0, 0.1) is 5.92 Å². The van der Waals surface area contributed by atoms with E-state index in [0.29, 0.717) is 12.3 Å². The molecule has 2 fully saturated rings. The molecular formula is C24H41IN6O. The van der Waals surface area contributed by atoms with Gasteiger partial charge in [-0.2, -0.15) is 0 Å². The lowest BCUT2D eigenvalue weighted by atomic mass is 9.93. The van der Waals surface area contributed by atoms with Gasteiger partial charge in [0.25, 0.3) is 0 Å². The molecule has 2 N–H and O–H groups in total. The van der Waals surface area contributed by atoms with Gasteiger partial charge in [0, 0.05) is 59.8 Å². The van der Waals surface area contributed by atoms with E-state index in [1.54, 1.807) is 7.05 Å². The first-order chi connectivity index (χ1) is 15.1. The molecule has 1 amide bonds. The number of hydrogen-bond donors (Lipinski definition) is 2. The molecule has 8 heteroatoms. The minimum Gasteiger partial charge on any atom is -0.359 e. The second-order valence-electron chi connectivity index (χ2n) is 8.96. The van der Waals surface area contributed by atoms with Gasteiger partial charge in [-0.05, 0) is 56.4 Å². The molecule has 0 spiro atoms. The van der Waals surface area contributed by atoms with Crippen molar-refractivity contribution in [2.75, 3.05) is 60.4 Å². The van der Waals surface area contributed by atoms with Gasteiger partial charge in [-0.1, -0.05) is 24.3 Å². The van der Waals surface area contributed by atoms with Crippen molar-refractivity contribution in [2.24, 2.45) is 10.9 Å². The number of halogens is 1. The molecule has 2 aliphatic rings. The van der Waals surface area contributed by atoms with Crippen molar-refractivity contribution < 1.29 is 4.79 Å². The molecule has 0 atom stereocenters. The maximum Gasteiger partial charge on any atom is 0.220 e. The lowest BCUT2D eigenvalue weighted by molar-refractivity contribution is -0.121. The number of rotatable bonds is 6. The molecule has 7 nitrogen and oxygen atoms in total. The topological polar surface area (TPSA) is 63.2 Å². The number of amides is 1. The average Bonchev–Trinajstić information content (AvgIpc) is 3.00. The molecule has 0 aliphatic carbocycles. The van der Waals surface area contributed by atoms with Crippen molar-refractivity contribution in [2.45, 2.75) is 38.8 Å². The van der Waals surface area contributed by atoms with Crippen molar-refractivity contribution in [3.63, 3.8) is 0 Å². The molecule has 2 heterocycles. The van der Waals surface area contributed by atoms with E-state index in [4.69, 9.17) is 0 Å². The number of guanidine groups is 1. The van der Waals surface area contributed by atoms with Crippen molar-refractivity contribution in [3.8, 4) is 0 Å². The molecule has 3 rings (SSSR count). The van der Waals surface area contributed by atoms with E-state index in [2.05, 4.69) is 61.6 Å². The molecule has 2 aliphatic heterocycles. The minimum absolute atomic E-state index is 0. The van der Waals surface area contributed by atoms with Crippen LogP contribution < -0.4 is 10.6 Å². The molecule has 32 heavy (non-hydrogen) atoms. The van der Waals surface area contributed by atoms with E-state index in [0.717, 1.165) is 58.1 Å². The molecule has 0 aromatic heterocycles. The predicted molar refractivity (Wildman–Crippen MR) is 142 cm³/mol. The molecule has 0 unspecified atom stereocenters. The summed E-state index contributed by atoms with van der Waals surface area (Å²) in [6.45, 7) is 8.41. The zero-order valence-electron chi connectivity index (χ0n) is 20.0. The predicted octanol–water partition coefficient (Wildman–Crippen LogP) is 2.37. The van der Waals surface area contributed by atoms with Crippen molar-refractivity contribution in [3.05, 3.63) is 35.4 Å². The van der Waals surface area contributed by atoms with Gasteiger partial charge in [-0.15, -0.1) is 24.0 Å². The number of hydrogen-bond acceptors (Lipinski definition) is 4. The smallest absolute Gasteiger partial charge is 0.220 e. The summed E-state index contributed by atoms with van der Waals surface area (Å²) in [7, 11) is 5.77. The Balaban J connectivity index is 0.00000363. The number of carbonyl (C=O) groups is 1. The summed E-state index contributed by atoms with van der Waals surface area (Å²) in [5.41, 5.74) is 2.66. The summed E-state index contributed by atoms with van der Waals surface area (Å²) in [6.07, 6.45) is 3.96.